The van der Waals surface area contributed by atoms with Gasteiger partial charge < -0.3 is 19.2 Å². The molecule has 0 fully saturated rings. The van der Waals surface area contributed by atoms with Gasteiger partial charge in [-0.2, -0.15) is 0 Å². The van der Waals surface area contributed by atoms with Gasteiger partial charge in [-0.3, -0.25) is 4.98 Å². The van der Waals surface area contributed by atoms with Gasteiger partial charge in [0, 0.05) is 28.8 Å². The maximum atomic E-state index is 12.4. The zero-order valence-electron chi connectivity index (χ0n) is 18.0. The van der Waals surface area contributed by atoms with Gasteiger partial charge in [-0.15, -0.1) is 0 Å². The molecule has 2 aromatic heterocycles. The Bertz CT molecular complexity index is 1260. The molecule has 0 aliphatic heterocycles. The maximum absolute atomic E-state index is 12.4. The van der Waals surface area contributed by atoms with Crippen LogP contribution in [0.1, 0.15) is 24.2 Å². The van der Waals surface area contributed by atoms with E-state index in [1.165, 1.54) is 11.8 Å². The Kier molecular flexibility index (Phi) is 6.61. The average Bonchev–Trinajstić information content (AvgIpc) is 3.20. The number of aromatic amines is 1. The maximum Gasteiger partial charge on any atom is 0.341 e. The Labute approximate surface area is 190 Å². The molecule has 0 unspecified atom stereocenters. The van der Waals surface area contributed by atoms with Gasteiger partial charge in [0.2, 0.25) is 0 Å². The number of hydrogen-bond acceptors (Lipinski definition) is 7. The summed E-state index contributed by atoms with van der Waals surface area (Å²) in [5.41, 5.74) is 3.59. The van der Waals surface area contributed by atoms with Gasteiger partial charge in [0.1, 0.15) is 17.1 Å². The molecule has 4 aromatic rings. The molecule has 0 bridgehead atoms. The monoisotopic (exact) mass is 449 g/mol. The van der Waals surface area contributed by atoms with Crippen LogP contribution in [0.15, 0.2) is 64.8 Å². The van der Waals surface area contributed by atoms with Crippen molar-refractivity contribution in [1.29, 1.82) is 0 Å². The summed E-state index contributed by atoms with van der Waals surface area (Å²) in [6, 6.07) is 15.2. The number of nitrogens with one attached hydrogen (secondary N) is 1. The quantitative estimate of drug-likeness (QED) is 0.362. The van der Waals surface area contributed by atoms with E-state index in [-0.39, 0.29) is 0 Å². The van der Waals surface area contributed by atoms with Crippen LogP contribution in [0, 0.1) is 0 Å². The Morgan fingerprint density at radius 3 is 2.72 bits per heavy atom. The second-order valence-corrected chi connectivity index (χ2v) is 7.77. The molecule has 2 aromatic carbocycles. The summed E-state index contributed by atoms with van der Waals surface area (Å²) < 4.78 is 16.2. The first-order chi connectivity index (χ1) is 15.6. The van der Waals surface area contributed by atoms with E-state index < -0.39 is 5.97 Å². The molecule has 7 nitrogen and oxygen atoms in total. The minimum Gasteiger partial charge on any atom is -0.497 e. The number of nitrogens with zero attached hydrogens (tertiary/aromatic N) is 2. The fourth-order valence-corrected chi connectivity index (χ4v) is 4.20. The molecular weight excluding hydrogens is 426 g/mol. The molecule has 0 saturated carbocycles. The predicted molar refractivity (Wildman–Crippen MR) is 124 cm³/mol. The first-order valence-electron chi connectivity index (χ1n) is 10.2. The molecule has 32 heavy (non-hydrogen) atoms. The highest BCUT2D eigenvalue weighted by atomic mass is 32.2. The number of fused-ring (bicyclic) bond motifs is 1. The van der Waals surface area contributed by atoms with E-state index in [1.807, 2.05) is 43.3 Å². The van der Waals surface area contributed by atoms with Crippen molar-refractivity contribution in [3.63, 3.8) is 0 Å². The molecule has 164 valence electrons. The number of carbonyl (C=O) groups excluding carboxylic acids is 1. The SMILES string of the molecule is CCOC(=O)c1cc2nc(Sc3ccccc3-c3cc(OC)ccn3)[nH]c2cc1OCC. The van der Waals surface area contributed by atoms with Crippen LogP contribution in [0.25, 0.3) is 22.3 Å². The fourth-order valence-electron chi connectivity index (χ4n) is 3.26. The highest BCUT2D eigenvalue weighted by Crippen LogP contribution is 2.36. The van der Waals surface area contributed by atoms with Crippen LogP contribution < -0.4 is 9.47 Å². The number of esters is 1. The van der Waals surface area contributed by atoms with Crippen molar-refractivity contribution < 1.29 is 19.0 Å². The number of pyridine rings is 1. The molecule has 0 aliphatic rings. The summed E-state index contributed by atoms with van der Waals surface area (Å²) in [5, 5.41) is 0.693. The van der Waals surface area contributed by atoms with Crippen molar-refractivity contribution in [3.05, 3.63) is 60.3 Å². The van der Waals surface area contributed by atoms with Crippen LogP contribution >= 0.6 is 11.8 Å². The lowest BCUT2D eigenvalue weighted by atomic mass is 10.1. The van der Waals surface area contributed by atoms with Crippen molar-refractivity contribution >= 4 is 28.8 Å². The van der Waals surface area contributed by atoms with Crippen LogP contribution in [0.2, 0.25) is 0 Å². The van der Waals surface area contributed by atoms with E-state index in [2.05, 4.69) is 15.0 Å². The summed E-state index contributed by atoms with van der Waals surface area (Å²) in [6.07, 6.45) is 1.73. The van der Waals surface area contributed by atoms with E-state index in [0.717, 1.165) is 27.4 Å². The van der Waals surface area contributed by atoms with Gasteiger partial charge in [0.05, 0.1) is 37.1 Å². The highest BCUT2D eigenvalue weighted by Gasteiger charge is 2.18. The molecule has 0 radical (unpaired) electrons. The molecule has 0 atom stereocenters. The standard InChI is InChI=1S/C24H23N3O4S/c1-4-30-21-14-20-19(13-17(21)23(28)31-5-2)26-24(27-20)32-22-9-7-6-8-16(22)18-12-15(29-3)10-11-25-18/h6-14H,4-5H2,1-3H3,(H,26,27). The predicted octanol–water partition coefficient (Wildman–Crippen LogP) is 5.36. The van der Waals surface area contributed by atoms with E-state index in [0.29, 0.717) is 35.2 Å². The minimum absolute atomic E-state index is 0.291. The molecule has 0 amide bonds. The van der Waals surface area contributed by atoms with Crippen molar-refractivity contribution in [3.8, 4) is 22.8 Å². The van der Waals surface area contributed by atoms with Gasteiger partial charge >= 0.3 is 5.97 Å². The third-order valence-corrected chi connectivity index (χ3v) is 5.66. The molecule has 1 N–H and O–H groups in total. The Morgan fingerprint density at radius 1 is 1.09 bits per heavy atom. The molecule has 2 heterocycles. The minimum atomic E-state index is -0.426. The Morgan fingerprint density at radius 2 is 1.94 bits per heavy atom. The molecule has 4 rings (SSSR count). The largest absolute Gasteiger partial charge is 0.497 e. The van der Waals surface area contributed by atoms with Gasteiger partial charge in [0.25, 0.3) is 0 Å². The Balaban J connectivity index is 1.70. The number of rotatable bonds is 8. The number of methoxy groups -OCH3 is 1. The van der Waals surface area contributed by atoms with Gasteiger partial charge in [-0.1, -0.05) is 30.0 Å². The van der Waals surface area contributed by atoms with Crippen LogP contribution in [-0.2, 0) is 4.74 Å². The second kappa shape index (κ2) is 9.74. The number of ether oxygens (including phenoxy) is 3. The third kappa shape index (κ3) is 4.55. The van der Waals surface area contributed by atoms with E-state index in [4.69, 9.17) is 14.2 Å². The third-order valence-electron chi connectivity index (χ3n) is 4.69. The number of imidazole rings is 1. The normalized spacial score (nSPS) is 10.8. The second-order valence-electron chi connectivity index (χ2n) is 6.74. The van der Waals surface area contributed by atoms with Gasteiger partial charge in [0.15, 0.2) is 5.16 Å². The average molecular weight is 450 g/mol. The lowest BCUT2D eigenvalue weighted by Gasteiger charge is -2.09. The summed E-state index contributed by atoms with van der Waals surface area (Å²) in [7, 11) is 1.63. The first-order valence-corrected chi connectivity index (χ1v) is 11.1. The first kappa shape index (κ1) is 21.7. The zero-order valence-corrected chi connectivity index (χ0v) is 18.9. The molecule has 0 spiro atoms. The van der Waals surface area contributed by atoms with Crippen LogP contribution in [0.5, 0.6) is 11.5 Å². The van der Waals surface area contributed by atoms with Crippen LogP contribution in [0.3, 0.4) is 0 Å². The summed E-state index contributed by atoms with van der Waals surface area (Å²) >= 11 is 1.49. The lowest BCUT2D eigenvalue weighted by molar-refractivity contribution is 0.0522. The Hall–Kier alpha value is -3.52. The number of H-pyrrole nitrogens is 1. The molecular formula is C24H23N3O4S. The van der Waals surface area contributed by atoms with Crippen molar-refractivity contribution in [2.45, 2.75) is 23.9 Å². The molecule has 8 heteroatoms. The zero-order chi connectivity index (χ0) is 22.5. The van der Waals surface area contributed by atoms with Gasteiger partial charge in [-0.25, -0.2) is 9.78 Å². The van der Waals surface area contributed by atoms with Crippen molar-refractivity contribution in [2.24, 2.45) is 0 Å². The fraction of sp³-hybridized carbons (Fsp3) is 0.208. The van der Waals surface area contributed by atoms with Crippen molar-refractivity contribution in [2.75, 3.05) is 20.3 Å². The summed E-state index contributed by atoms with van der Waals surface area (Å²) in [4.78, 5) is 25.9. The summed E-state index contributed by atoms with van der Waals surface area (Å²) in [5.74, 6) is 0.789. The smallest absolute Gasteiger partial charge is 0.341 e. The molecule has 0 aliphatic carbocycles. The highest BCUT2D eigenvalue weighted by molar-refractivity contribution is 7.99. The number of hydrogen-bond donors (Lipinski definition) is 1. The number of carbonyl (C=O) groups is 1. The number of benzene rings is 2. The summed E-state index contributed by atoms with van der Waals surface area (Å²) in [6.45, 7) is 4.37. The lowest BCUT2D eigenvalue weighted by Crippen LogP contribution is -2.07. The topological polar surface area (TPSA) is 86.3 Å². The van der Waals surface area contributed by atoms with Crippen molar-refractivity contribution in [1.82, 2.24) is 15.0 Å². The number of aromatic nitrogens is 3. The van der Waals surface area contributed by atoms with E-state index in [1.54, 1.807) is 32.4 Å². The van der Waals surface area contributed by atoms with Crippen LogP contribution in [0.4, 0.5) is 0 Å². The van der Waals surface area contributed by atoms with Gasteiger partial charge in [-0.05, 0) is 32.0 Å². The van der Waals surface area contributed by atoms with Crippen LogP contribution in [-0.4, -0.2) is 41.2 Å². The van der Waals surface area contributed by atoms with E-state index in [9.17, 15) is 4.79 Å². The van der Waals surface area contributed by atoms with E-state index >= 15 is 0 Å². The molecule has 0 saturated heterocycles.